The summed E-state index contributed by atoms with van der Waals surface area (Å²) >= 11 is 0. The van der Waals surface area contributed by atoms with E-state index in [0.717, 1.165) is 30.6 Å². The van der Waals surface area contributed by atoms with E-state index in [1.807, 2.05) is 6.92 Å². The number of aromatic nitrogens is 5. The van der Waals surface area contributed by atoms with Gasteiger partial charge in [-0.2, -0.15) is 5.10 Å². The number of carbonyl (C=O) groups is 2. The molecule has 1 saturated carbocycles. The van der Waals surface area contributed by atoms with Crippen LogP contribution in [-0.4, -0.2) is 60.0 Å². The number of halogens is 3. The van der Waals surface area contributed by atoms with Gasteiger partial charge in [0.1, 0.15) is 17.0 Å². The molecule has 9 nitrogen and oxygen atoms in total. The Morgan fingerprint density at radius 2 is 1.81 bits per heavy atom. The van der Waals surface area contributed by atoms with Crippen LogP contribution in [0.1, 0.15) is 72.2 Å². The third kappa shape index (κ3) is 5.27. The highest BCUT2D eigenvalue weighted by Gasteiger charge is 2.46. The second kappa shape index (κ2) is 11.1. The van der Waals surface area contributed by atoms with Gasteiger partial charge in [-0.05, 0) is 55.9 Å². The van der Waals surface area contributed by atoms with Gasteiger partial charge in [0, 0.05) is 43.3 Å². The Morgan fingerprint density at radius 1 is 1.07 bits per heavy atom. The molecule has 4 heterocycles. The summed E-state index contributed by atoms with van der Waals surface area (Å²) in [6, 6.07) is 5.89. The van der Waals surface area contributed by atoms with Crippen molar-refractivity contribution in [2.24, 2.45) is 18.9 Å². The van der Waals surface area contributed by atoms with Gasteiger partial charge in [-0.15, -0.1) is 0 Å². The van der Waals surface area contributed by atoms with Crippen LogP contribution < -0.4 is 5.32 Å². The fraction of sp³-hybridized carbons (Fsp3) is 0.452. The first kappa shape index (κ1) is 28.9. The van der Waals surface area contributed by atoms with Gasteiger partial charge in [0.05, 0.1) is 30.2 Å². The van der Waals surface area contributed by atoms with Gasteiger partial charge >= 0.3 is 0 Å². The number of alkyl halides is 2. The fourth-order valence-electron chi connectivity index (χ4n) is 6.36. The molecule has 1 N–H and O–H groups in total. The maximum atomic E-state index is 16.3. The molecule has 4 aromatic rings. The zero-order valence-corrected chi connectivity index (χ0v) is 24.4. The third-order valence-electron chi connectivity index (χ3n) is 8.84. The molecule has 0 bridgehead atoms. The Hall–Kier alpha value is -4.22. The SMILES string of the molecule is CCn1nccc1C(=O)N[C@H](c1nc2c(F)c(-c3cnccc3C(=O)N3CC(F)(F)C3)ccc2n1C)C1CCC(C)CC1. The van der Waals surface area contributed by atoms with Crippen LogP contribution in [0.2, 0.25) is 0 Å². The van der Waals surface area contributed by atoms with E-state index in [4.69, 9.17) is 4.98 Å². The summed E-state index contributed by atoms with van der Waals surface area (Å²) in [5.74, 6) is -3.22. The normalized spacial score (nSPS) is 20.6. The van der Waals surface area contributed by atoms with E-state index in [1.165, 1.54) is 18.5 Å². The van der Waals surface area contributed by atoms with Crippen LogP contribution in [0, 0.1) is 17.7 Å². The summed E-state index contributed by atoms with van der Waals surface area (Å²) in [6.07, 6.45) is 8.17. The number of carbonyl (C=O) groups excluding carboxylic acids is 2. The molecule has 0 unspecified atom stereocenters. The topological polar surface area (TPSA) is 97.9 Å². The number of hydrogen-bond donors (Lipinski definition) is 1. The fourth-order valence-corrected chi connectivity index (χ4v) is 6.36. The van der Waals surface area contributed by atoms with Gasteiger partial charge in [-0.25, -0.2) is 18.2 Å². The number of likely N-dealkylation sites (tertiary alicyclic amines) is 1. The van der Waals surface area contributed by atoms with Crippen LogP contribution in [0.3, 0.4) is 0 Å². The number of pyridine rings is 1. The summed E-state index contributed by atoms with van der Waals surface area (Å²) in [4.78, 5) is 36.4. The predicted octanol–water partition coefficient (Wildman–Crippen LogP) is 5.38. The number of imidazole rings is 1. The maximum Gasteiger partial charge on any atom is 0.282 e. The summed E-state index contributed by atoms with van der Waals surface area (Å²) in [5, 5.41) is 7.41. The van der Waals surface area contributed by atoms with Crippen molar-refractivity contribution in [2.45, 2.75) is 58.0 Å². The lowest BCUT2D eigenvalue weighted by atomic mass is 9.79. The average molecular weight is 594 g/mol. The van der Waals surface area contributed by atoms with E-state index in [-0.39, 0.29) is 34.0 Å². The molecule has 226 valence electrons. The van der Waals surface area contributed by atoms with Crippen molar-refractivity contribution in [3.05, 3.63) is 65.8 Å². The zero-order valence-electron chi connectivity index (χ0n) is 24.4. The number of hydrogen-bond acceptors (Lipinski definition) is 5. The van der Waals surface area contributed by atoms with Crippen molar-refractivity contribution in [1.82, 2.24) is 34.5 Å². The summed E-state index contributed by atoms with van der Waals surface area (Å²) in [6.45, 7) is 3.33. The molecule has 2 aliphatic rings. The molecule has 1 aromatic carbocycles. The van der Waals surface area contributed by atoms with Crippen LogP contribution in [0.4, 0.5) is 13.2 Å². The second-order valence-electron chi connectivity index (χ2n) is 11.8. The first-order valence-corrected chi connectivity index (χ1v) is 14.7. The van der Waals surface area contributed by atoms with Crippen molar-refractivity contribution in [1.29, 1.82) is 0 Å². The minimum Gasteiger partial charge on any atom is -0.340 e. The van der Waals surface area contributed by atoms with E-state index in [2.05, 4.69) is 22.3 Å². The molecule has 0 radical (unpaired) electrons. The Balaban J connectivity index is 1.39. The zero-order chi connectivity index (χ0) is 30.5. The largest absolute Gasteiger partial charge is 0.340 e. The van der Waals surface area contributed by atoms with Gasteiger partial charge in [-0.1, -0.05) is 19.8 Å². The lowest BCUT2D eigenvalue weighted by molar-refractivity contribution is -0.113. The van der Waals surface area contributed by atoms with Gasteiger partial charge in [0.15, 0.2) is 5.82 Å². The molecule has 12 heteroatoms. The van der Waals surface area contributed by atoms with Crippen molar-refractivity contribution in [2.75, 3.05) is 13.1 Å². The van der Waals surface area contributed by atoms with Crippen molar-refractivity contribution in [3.8, 4) is 11.1 Å². The number of amides is 2. The molecule has 1 aliphatic carbocycles. The highest BCUT2D eigenvalue weighted by molar-refractivity contribution is 6.02. The molecule has 0 spiro atoms. The smallest absolute Gasteiger partial charge is 0.282 e. The Kier molecular flexibility index (Phi) is 7.47. The van der Waals surface area contributed by atoms with E-state index < -0.39 is 36.8 Å². The number of fused-ring (bicyclic) bond motifs is 1. The summed E-state index contributed by atoms with van der Waals surface area (Å²) < 4.78 is 46.7. The second-order valence-corrected chi connectivity index (χ2v) is 11.8. The minimum atomic E-state index is -2.92. The standard InChI is InChI=1S/C31H34F3N7O2/c1-4-41-24(12-14-36-41)29(42)38-26(19-7-5-18(2)6-8-19)28-37-27-23(39(28)3)10-9-20(25(27)32)22-15-35-13-11-21(22)30(43)40-16-31(33,34)17-40/h9-15,18-19,26H,4-8,16-17H2,1-3H3,(H,38,42)/t18?,19?,26-/m0/s1. The Bertz CT molecular complexity index is 1680. The monoisotopic (exact) mass is 593 g/mol. The number of nitrogens with one attached hydrogen (secondary N) is 1. The Labute approximate surface area is 247 Å². The average Bonchev–Trinajstić information content (AvgIpc) is 3.60. The van der Waals surface area contributed by atoms with Crippen molar-refractivity contribution >= 4 is 22.8 Å². The van der Waals surface area contributed by atoms with Crippen LogP contribution in [-0.2, 0) is 13.6 Å². The number of rotatable bonds is 7. The van der Waals surface area contributed by atoms with Crippen LogP contribution in [0.25, 0.3) is 22.2 Å². The molecular weight excluding hydrogens is 559 g/mol. The molecule has 43 heavy (non-hydrogen) atoms. The van der Waals surface area contributed by atoms with Crippen LogP contribution in [0.5, 0.6) is 0 Å². The first-order chi connectivity index (χ1) is 20.6. The molecule has 1 aliphatic heterocycles. The molecule has 3 aromatic heterocycles. The first-order valence-electron chi connectivity index (χ1n) is 14.7. The molecule has 2 amide bonds. The molecular formula is C31H34F3N7O2. The number of aryl methyl sites for hydroxylation is 2. The Morgan fingerprint density at radius 3 is 2.51 bits per heavy atom. The number of nitrogens with zero attached hydrogens (tertiary/aromatic N) is 6. The highest BCUT2D eigenvalue weighted by Crippen LogP contribution is 2.39. The quantitative estimate of drug-likeness (QED) is 0.310. The maximum absolute atomic E-state index is 16.3. The lowest BCUT2D eigenvalue weighted by Crippen LogP contribution is -2.58. The lowest BCUT2D eigenvalue weighted by Gasteiger charge is -2.38. The summed E-state index contributed by atoms with van der Waals surface area (Å²) in [5.41, 5.74) is 1.45. The van der Waals surface area contributed by atoms with E-state index in [1.54, 1.807) is 40.7 Å². The minimum absolute atomic E-state index is 0.0916. The van der Waals surface area contributed by atoms with Gasteiger partial charge in [-0.3, -0.25) is 19.3 Å². The van der Waals surface area contributed by atoms with E-state index >= 15 is 4.39 Å². The van der Waals surface area contributed by atoms with Crippen molar-refractivity contribution < 1.29 is 22.8 Å². The highest BCUT2D eigenvalue weighted by atomic mass is 19.3. The number of benzene rings is 1. The van der Waals surface area contributed by atoms with Crippen LogP contribution in [0.15, 0.2) is 42.9 Å². The third-order valence-corrected chi connectivity index (χ3v) is 8.84. The van der Waals surface area contributed by atoms with Gasteiger partial charge < -0.3 is 14.8 Å². The molecule has 1 saturated heterocycles. The van der Waals surface area contributed by atoms with E-state index in [0.29, 0.717) is 29.5 Å². The molecule has 6 rings (SSSR count). The van der Waals surface area contributed by atoms with Gasteiger partial charge in [0.25, 0.3) is 17.7 Å². The predicted molar refractivity (Wildman–Crippen MR) is 154 cm³/mol. The molecule has 1 atom stereocenters. The van der Waals surface area contributed by atoms with Crippen molar-refractivity contribution in [3.63, 3.8) is 0 Å². The van der Waals surface area contributed by atoms with E-state index in [9.17, 15) is 18.4 Å². The van der Waals surface area contributed by atoms with Gasteiger partial charge in [0.2, 0.25) is 0 Å². The summed E-state index contributed by atoms with van der Waals surface area (Å²) in [7, 11) is 1.80. The van der Waals surface area contributed by atoms with Crippen LogP contribution >= 0.6 is 0 Å². The molecule has 2 fully saturated rings.